The largest absolute Gasteiger partial charge is 0.336 e. The van der Waals surface area contributed by atoms with Crippen molar-refractivity contribution in [1.82, 2.24) is 0 Å². The molecule has 0 aliphatic carbocycles. The van der Waals surface area contributed by atoms with Gasteiger partial charge in [0.05, 0.1) is 12.5 Å². The highest BCUT2D eigenvalue weighted by molar-refractivity contribution is 8.07. The molecule has 0 spiro atoms. The van der Waals surface area contributed by atoms with Gasteiger partial charge < -0.3 is 18.9 Å². The van der Waals surface area contributed by atoms with Gasteiger partial charge in [-0.25, -0.2) is 0 Å². The van der Waals surface area contributed by atoms with Gasteiger partial charge in [0.25, 0.3) is 20.4 Å². The lowest BCUT2D eigenvalue weighted by molar-refractivity contribution is -0.162. The zero-order valence-electron chi connectivity index (χ0n) is 24.6. The molecule has 0 saturated carbocycles. The Bertz CT molecular complexity index is 1190. The highest BCUT2D eigenvalue weighted by Gasteiger charge is 2.35. The zero-order valence-corrected chi connectivity index (χ0v) is 27.9. The highest BCUT2D eigenvalue weighted by Crippen LogP contribution is 2.31. The second-order valence-electron chi connectivity index (χ2n) is 7.36. The minimum absolute atomic E-state index is 0. The van der Waals surface area contributed by atoms with Crippen molar-refractivity contribution in [2.45, 2.75) is 35.1 Å². The summed E-state index contributed by atoms with van der Waals surface area (Å²) >= 11 is 0. The van der Waals surface area contributed by atoms with Crippen molar-refractivity contribution in [3.05, 3.63) is 48.5 Å². The van der Waals surface area contributed by atoms with Gasteiger partial charge in [0.15, 0.2) is 32.3 Å². The van der Waals surface area contributed by atoms with Crippen molar-refractivity contribution in [1.29, 1.82) is 0 Å². The normalized spacial score (nSPS) is 14.6. The predicted molar refractivity (Wildman–Crippen MR) is 160 cm³/mol. The van der Waals surface area contributed by atoms with Gasteiger partial charge in [-0.1, -0.05) is 107 Å². The van der Waals surface area contributed by atoms with Crippen LogP contribution in [0.3, 0.4) is 0 Å². The Morgan fingerprint density at radius 1 is 0.457 bits per heavy atom. The highest BCUT2D eigenvalue weighted by atomic mass is 32.4. The minimum atomic E-state index is -7.27. The van der Waals surface area contributed by atoms with E-state index < -0.39 is 73.2 Å². The predicted octanol–water partition coefficient (Wildman–Crippen LogP) is 9.50. The summed E-state index contributed by atoms with van der Waals surface area (Å²) in [6.07, 6.45) is -0.478. The van der Waals surface area contributed by atoms with Crippen molar-refractivity contribution in [2.24, 2.45) is 0 Å². The summed E-state index contributed by atoms with van der Waals surface area (Å²) in [7, 11) is -27.7. The van der Waals surface area contributed by atoms with Crippen LogP contribution in [0.5, 0.6) is 0 Å². The molecule has 0 N–H and O–H groups in total. The monoisotopic (exact) mass is 788 g/mol. The van der Waals surface area contributed by atoms with Crippen LogP contribution in [0.15, 0.2) is 48.5 Å². The van der Waals surface area contributed by atoms with Gasteiger partial charge >= 0.3 is 20.4 Å². The third kappa shape index (κ3) is 69.2. The van der Waals surface area contributed by atoms with Crippen LogP contribution in [-0.4, -0.2) is 61.6 Å². The summed E-state index contributed by atoms with van der Waals surface area (Å²) in [4.78, 5) is 0. The Labute approximate surface area is 262 Å². The second kappa shape index (κ2) is 20.6. The van der Waals surface area contributed by atoms with Crippen LogP contribution < -0.4 is 0 Å². The molecule has 46 heavy (non-hydrogen) atoms. The molecule has 2 rings (SSSR count). The summed E-state index contributed by atoms with van der Waals surface area (Å²) in [6.45, 7) is 5.41. The molecule has 0 unspecified atom stereocenters. The topological polar surface area (TPSA) is 105 Å². The van der Waals surface area contributed by atoms with Crippen LogP contribution in [0, 0.1) is 0 Å². The summed E-state index contributed by atoms with van der Waals surface area (Å²) in [5.41, 5.74) is 0. The van der Waals surface area contributed by atoms with E-state index in [1.54, 1.807) is 0 Å². The first-order valence-electron chi connectivity index (χ1n) is 11.6. The summed E-state index contributed by atoms with van der Waals surface area (Å²) in [5.74, 6) is -3.99. The number of hydrogen-bond acceptors (Lipinski definition) is 8. The Morgan fingerprint density at radius 2 is 0.630 bits per heavy atom. The van der Waals surface area contributed by atoms with Gasteiger partial charge in [-0.05, 0) is 10.8 Å². The molecule has 0 heterocycles. The van der Waals surface area contributed by atoms with E-state index in [1.165, 1.54) is 10.8 Å². The molecular weight excluding hydrogens is 748 g/mol. The van der Waals surface area contributed by atoms with E-state index in [-0.39, 0.29) is 19.9 Å². The fourth-order valence-electron chi connectivity index (χ4n) is 1.70. The lowest BCUT2D eigenvalue weighted by Crippen LogP contribution is -2.22. The maximum atomic E-state index is 11.8. The molecule has 0 fully saturated rings. The van der Waals surface area contributed by atoms with Gasteiger partial charge in [0.1, 0.15) is 0 Å². The maximum absolute atomic E-state index is 11.8. The summed E-state index contributed by atoms with van der Waals surface area (Å²) in [5, 5.41) is 2.62. The minimum Gasteiger partial charge on any atom is -0.336 e. The molecule has 0 atom stereocenters. The van der Waals surface area contributed by atoms with Gasteiger partial charge in [0.2, 0.25) is 0 Å². The van der Waals surface area contributed by atoms with E-state index in [1.807, 2.05) is 27.7 Å². The SMILES string of the molecule is C.CC.CC.CS(=O)(F)(F)F.CS(=O)(F)(F)F.O=S(F)(F)(F)COCOCOCOCS(=O)(F)(F)F.c1ccc2ccccc2c1. The summed E-state index contributed by atoms with van der Waals surface area (Å²) in [6, 6.07) is 16.7. The number of fused-ring (bicyclic) bond motifs is 1. The molecule has 0 aliphatic heterocycles. The number of halogens is 12. The van der Waals surface area contributed by atoms with Gasteiger partial charge in [-0.15, -0.1) is 23.3 Å². The lowest BCUT2D eigenvalue weighted by Gasteiger charge is -2.15. The van der Waals surface area contributed by atoms with E-state index in [9.17, 15) is 55.0 Å². The van der Waals surface area contributed by atoms with E-state index in [2.05, 4.69) is 67.5 Å². The molecule has 24 heteroatoms. The fourth-order valence-corrected chi connectivity index (χ4v) is 2.35. The van der Waals surface area contributed by atoms with Crippen molar-refractivity contribution in [2.75, 3.05) is 44.8 Å². The number of rotatable bonds is 10. The quantitative estimate of drug-likeness (QED) is 0.102. The zero-order chi connectivity index (χ0) is 37.0. The Hall–Kier alpha value is -1.70. The maximum Gasteiger partial charge on any atom is 0.317 e. The average molecular weight is 789 g/mol. The van der Waals surface area contributed by atoms with Crippen LogP contribution in [0.1, 0.15) is 35.1 Å². The molecule has 0 radical (unpaired) electrons. The van der Waals surface area contributed by atoms with E-state index in [0.717, 1.165) is 0 Å². The lowest BCUT2D eigenvalue weighted by atomic mass is 10.1. The number of benzene rings is 2. The van der Waals surface area contributed by atoms with Crippen molar-refractivity contribution in [3.8, 4) is 0 Å². The molecule has 8 nitrogen and oxygen atoms in total. The molecule has 284 valence electrons. The molecular formula is C22H40F12O8S4. The average Bonchev–Trinajstić information content (AvgIpc) is 2.81. The Kier molecular flexibility index (Phi) is 24.1. The molecule has 0 aliphatic rings. The third-order valence-electron chi connectivity index (χ3n) is 2.69. The van der Waals surface area contributed by atoms with Crippen molar-refractivity contribution < 1.29 is 82.4 Å². The Morgan fingerprint density at radius 3 is 0.804 bits per heavy atom. The molecule has 0 aromatic heterocycles. The first kappa shape index (κ1) is 53.8. The van der Waals surface area contributed by atoms with Crippen LogP contribution in [0.4, 0.5) is 46.6 Å². The second-order valence-corrected chi connectivity index (χ2v) is 15.0. The van der Waals surface area contributed by atoms with Gasteiger partial charge in [-0.3, -0.25) is 0 Å². The molecule has 2 aromatic carbocycles. The molecule has 0 bridgehead atoms. The first-order valence-corrected chi connectivity index (χ1v) is 19.5. The standard InChI is InChI=1S/C10H8.C5H10F6O6S2.2C2H6.2CH3F3OS.CH4/c1-2-6-10-8-4-3-7-9(10)5-1;6-18(7,8,12)4-16-2-14-1-15-3-17-5-19(9,10,11)13;2*1-2;2*1-6(2,3,4)5;/h1-8H;1-5H2;2*1-2H3;2*1H3;1H4. The van der Waals surface area contributed by atoms with Gasteiger partial charge in [-0.2, -0.15) is 16.8 Å². The van der Waals surface area contributed by atoms with E-state index >= 15 is 0 Å². The van der Waals surface area contributed by atoms with Crippen LogP contribution >= 0.6 is 0 Å². The number of ether oxygens (including phenoxy) is 4. The summed E-state index contributed by atoms with van der Waals surface area (Å²) < 4.78 is 187. The van der Waals surface area contributed by atoms with Crippen LogP contribution in [-0.2, 0) is 59.8 Å². The molecule has 0 saturated heterocycles. The van der Waals surface area contributed by atoms with Crippen molar-refractivity contribution >= 4 is 51.7 Å². The van der Waals surface area contributed by atoms with Crippen LogP contribution in [0.2, 0.25) is 0 Å². The van der Waals surface area contributed by atoms with E-state index in [0.29, 0.717) is 0 Å². The van der Waals surface area contributed by atoms with Crippen LogP contribution in [0.25, 0.3) is 10.8 Å². The number of hydrogen-bond donors (Lipinski definition) is 0. The first-order chi connectivity index (χ1) is 19.6. The van der Waals surface area contributed by atoms with Gasteiger partial charge in [0, 0.05) is 0 Å². The molecule has 2 aromatic rings. The Balaban J connectivity index is -0.000000173. The molecule has 0 amide bonds. The third-order valence-corrected chi connectivity index (χ3v) is 3.75. The smallest absolute Gasteiger partial charge is 0.317 e. The fraction of sp³-hybridized carbons (Fsp3) is 0.545. The van der Waals surface area contributed by atoms with E-state index in [4.69, 9.17) is 8.42 Å². The van der Waals surface area contributed by atoms with Crippen molar-refractivity contribution in [3.63, 3.8) is 0 Å².